The number of nitriles is 1. The zero-order valence-electron chi connectivity index (χ0n) is 12.1. The highest BCUT2D eigenvalue weighted by Crippen LogP contribution is 2.18. The molecule has 1 aromatic carbocycles. The van der Waals surface area contributed by atoms with E-state index in [9.17, 15) is 9.18 Å². The Hall–Kier alpha value is -2.42. The summed E-state index contributed by atoms with van der Waals surface area (Å²) >= 11 is 0. The molecule has 0 fully saturated rings. The minimum atomic E-state index is -0.384. The van der Waals surface area contributed by atoms with E-state index in [1.807, 2.05) is 19.9 Å². The molecule has 0 spiro atoms. The Morgan fingerprint density at radius 1 is 1.43 bits per heavy atom. The predicted molar refractivity (Wildman–Crippen MR) is 76.9 cm³/mol. The van der Waals surface area contributed by atoms with Crippen LogP contribution in [0.3, 0.4) is 0 Å². The van der Waals surface area contributed by atoms with Crippen LogP contribution in [-0.4, -0.2) is 33.4 Å². The fourth-order valence-electron chi connectivity index (χ4n) is 2.35. The number of carbonyl (C=O) groups excluding carboxylic acids is 1. The molecule has 0 saturated carbocycles. The largest absolute Gasteiger partial charge is 0.342 e. The smallest absolute Gasteiger partial charge is 0.242 e. The maximum Gasteiger partial charge on any atom is 0.242 e. The van der Waals surface area contributed by atoms with Crippen LogP contribution in [0.15, 0.2) is 18.2 Å². The quantitative estimate of drug-likeness (QED) is 0.846. The zero-order chi connectivity index (χ0) is 15.4. The molecule has 0 aliphatic carbocycles. The summed E-state index contributed by atoms with van der Waals surface area (Å²) in [5, 5.41) is 8.89. The second-order valence-corrected chi connectivity index (χ2v) is 4.65. The maximum atomic E-state index is 13.3. The fraction of sp³-hybridized carbons (Fsp3) is 0.400. The summed E-state index contributed by atoms with van der Waals surface area (Å²) < 4.78 is 15.0. The van der Waals surface area contributed by atoms with Crippen molar-refractivity contribution in [2.24, 2.45) is 0 Å². The number of carbonyl (C=O) groups is 1. The van der Waals surface area contributed by atoms with Gasteiger partial charge in [0.15, 0.2) is 0 Å². The lowest BCUT2D eigenvalue weighted by molar-refractivity contribution is -0.131. The number of hydrogen-bond acceptors (Lipinski definition) is 3. The Kier molecular flexibility index (Phi) is 4.53. The summed E-state index contributed by atoms with van der Waals surface area (Å²) in [6.07, 6.45) is 0.0851. The molecule has 0 unspecified atom stereocenters. The Labute approximate surface area is 122 Å². The first-order chi connectivity index (χ1) is 10.1. The Morgan fingerprint density at radius 3 is 2.76 bits per heavy atom. The molecule has 1 amide bonds. The van der Waals surface area contributed by atoms with Crippen molar-refractivity contribution in [1.82, 2.24) is 14.5 Å². The van der Waals surface area contributed by atoms with Crippen LogP contribution < -0.4 is 0 Å². The summed E-state index contributed by atoms with van der Waals surface area (Å²) in [7, 11) is 0. The van der Waals surface area contributed by atoms with Crippen LogP contribution in [0.4, 0.5) is 4.39 Å². The molecule has 2 rings (SSSR count). The predicted octanol–water partition coefficient (Wildman–Crippen LogP) is 2.11. The Bertz CT molecular complexity index is 697. The van der Waals surface area contributed by atoms with Crippen LogP contribution in [0.5, 0.6) is 0 Å². The van der Waals surface area contributed by atoms with Crippen molar-refractivity contribution in [1.29, 1.82) is 5.26 Å². The minimum Gasteiger partial charge on any atom is -0.342 e. The molecule has 6 heteroatoms. The second kappa shape index (κ2) is 6.35. The van der Waals surface area contributed by atoms with Crippen molar-refractivity contribution in [2.75, 3.05) is 13.1 Å². The van der Waals surface area contributed by atoms with Gasteiger partial charge < -0.3 is 9.47 Å². The fourth-order valence-corrected chi connectivity index (χ4v) is 2.35. The molecular weight excluding hydrogens is 271 g/mol. The average molecular weight is 288 g/mol. The van der Waals surface area contributed by atoms with Gasteiger partial charge in [0.1, 0.15) is 18.2 Å². The summed E-state index contributed by atoms with van der Waals surface area (Å²) in [6.45, 7) is 5.20. The summed E-state index contributed by atoms with van der Waals surface area (Å²) in [6, 6.07) is 6.27. The number of aromatic nitrogens is 2. The third-order valence-corrected chi connectivity index (χ3v) is 3.44. The molecule has 0 N–H and O–H groups in total. The van der Waals surface area contributed by atoms with Crippen LogP contribution in [0, 0.1) is 17.1 Å². The average Bonchev–Trinajstić information content (AvgIpc) is 2.77. The van der Waals surface area contributed by atoms with E-state index in [1.165, 1.54) is 12.1 Å². The first-order valence-electron chi connectivity index (χ1n) is 6.90. The Morgan fingerprint density at radius 2 is 2.14 bits per heavy atom. The van der Waals surface area contributed by atoms with E-state index in [1.54, 1.807) is 15.5 Å². The number of rotatable bonds is 5. The molecular formula is C15H17FN4O. The van der Waals surface area contributed by atoms with Crippen LogP contribution in [0.1, 0.15) is 19.7 Å². The topological polar surface area (TPSA) is 61.9 Å². The molecule has 1 heterocycles. The van der Waals surface area contributed by atoms with Crippen molar-refractivity contribution in [3.63, 3.8) is 0 Å². The molecule has 1 aromatic heterocycles. The molecule has 5 nitrogen and oxygen atoms in total. The molecule has 0 bridgehead atoms. The molecule has 2 aromatic rings. The molecule has 0 saturated heterocycles. The monoisotopic (exact) mass is 288 g/mol. The van der Waals surface area contributed by atoms with Crippen LogP contribution in [0.25, 0.3) is 11.0 Å². The normalized spacial score (nSPS) is 10.6. The number of halogens is 1. The van der Waals surface area contributed by atoms with Crippen molar-refractivity contribution in [3.8, 4) is 6.07 Å². The van der Waals surface area contributed by atoms with Gasteiger partial charge >= 0.3 is 0 Å². The third kappa shape index (κ3) is 3.02. The second-order valence-electron chi connectivity index (χ2n) is 4.65. The highest BCUT2D eigenvalue weighted by Gasteiger charge is 2.16. The van der Waals surface area contributed by atoms with E-state index >= 15 is 0 Å². The summed E-state index contributed by atoms with van der Waals surface area (Å²) in [5.74, 6) is 0.0622. The first-order valence-corrected chi connectivity index (χ1v) is 6.90. The highest BCUT2D eigenvalue weighted by atomic mass is 19.1. The van der Waals surface area contributed by atoms with Crippen molar-refractivity contribution < 1.29 is 9.18 Å². The molecule has 0 radical (unpaired) electrons. The van der Waals surface area contributed by atoms with E-state index in [2.05, 4.69) is 4.98 Å². The number of likely N-dealkylation sites (N-methyl/N-ethyl adjacent to an activating group) is 1. The van der Waals surface area contributed by atoms with E-state index in [-0.39, 0.29) is 24.7 Å². The van der Waals surface area contributed by atoms with Gasteiger partial charge in [0.25, 0.3) is 0 Å². The SMILES string of the molecule is CCN(CC)C(=O)Cn1c(CC#N)nc2cc(F)ccc21. The number of hydrogen-bond donors (Lipinski definition) is 0. The number of nitrogens with zero attached hydrogens (tertiary/aromatic N) is 4. The summed E-state index contributed by atoms with van der Waals surface area (Å²) in [4.78, 5) is 18.2. The summed E-state index contributed by atoms with van der Waals surface area (Å²) in [5.41, 5.74) is 1.13. The number of fused-ring (bicyclic) bond motifs is 1. The van der Waals surface area contributed by atoms with E-state index in [0.29, 0.717) is 29.9 Å². The van der Waals surface area contributed by atoms with Crippen LogP contribution in [0.2, 0.25) is 0 Å². The van der Waals surface area contributed by atoms with Crippen LogP contribution >= 0.6 is 0 Å². The standard InChI is InChI=1S/C15H17FN4O/c1-3-19(4-2)15(21)10-20-13-6-5-11(16)9-12(13)18-14(20)7-8-17/h5-6,9H,3-4,7,10H2,1-2H3. The van der Waals surface area contributed by atoms with E-state index in [4.69, 9.17) is 5.26 Å². The Balaban J connectivity index is 2.43. The van der Waals surface area contributed by atoms with Crippen molar-refractivity contribution >= 4 is 16.9 Å². The van der Waals surface area contributed by atoms with Gasteiger partial charge in [-0.2, -0.15) is 5.26 Å². The maximum absolute atomic E-state index is 13.3. The first kappa shape index (κ1) is 15.0. The number of benzene rings is 1. The highest BCUT2D eigenvalue weighted by molar-refractivity contribution is 5.81. The van der Waals surface area contributed by atoms with Gasteiger partial charge in [-0.15, -0.1) is 0 Å². The number of imidazole rings is 1. The van der Waals surface area contributed by atoms with Crippen molar-refractivity contribution in [3.05, 3.63) is 29.8 Å². The van der Waals surface area contributed by atoms with E-state index in [0.717, 1.165) is 0 Å². The molecule has 0 aliphatic heterocycles. The third-order valence-electron chi connectivity index (χ3n) is 3.44. The zero-order valence-corrected chi connectivity index (χ0v) is 12.1. The minimum absolute atomic E-state index is 0.0391. The molecule has 21 heavy (non-hydrogen) atoms. The van der Waals surface area contributed by atoms with Gasteiger partial charge in [0, 0.05) is 19.2 Å². The van der Waals surface area contributed by atoms with Gasteiger partial charge in [0.2, 0.25) is 5.91 Å². The van der Waals surface area contributed by atoms with Gasteiger partial charge in [-0.3, -0.25) is 4.79 Å². The molecule has 0 atom stereocenters. The van der Waals surface area contributed by atoms with Crippen LogP contribution in [-0.2, 0) is 17.8 Å². The van der Waals surface area contributed by atoms with Gasteiger partial charge in [-0.25, -0.2) is 9.37 Å². The van der Waals surface area contributed by atoms with Crippen molar-refractivity contribution in [2.45, 2.75) is 26.8 Å². The lowest BCUT2D eigenvalue weighted by Gasteiger charge is -2.19. The number of amides is 1. The molecule has 0 aliphatic rings. The van der Waals surface area contributed by atoms with Gasteiger partial charge in [-0.1, -0.05) is 0 Å². The molecule has 110 valence electrons. The van der Waals surface area contributed by atoms with E-state index < -0.39 is 0 Å². The van der Waals surface area contributed by atoms with Gasteiger partial charge in [-0.05, 0) is 26.0 Å². The lowest BCUT2D eigenvalue weighted by atomic mass is 10.3. The van der Waals surface area contributed by atoms with Gasteiger partial charge in [0.05, 0.1) is 23.5 Å². The lowest BCUT2D eigenvalue weighted by Crippen LogP contribution is -2.33.